The molecule has 2 aromatic carbocycles. The second-order valence-electron chi connectivity index (χ2n) is 4.21. The van der Waals surface area contributed by atoms with E-state index in [4.69, 9.17) is 23.2 Å². The number of imidazole rings is 1. The van der Waals surface area contributed by atoms with Gasteiger partial charge in [0.1, 0.15) is 10.4 Å². The van der Waals surface area contributed by atoms with E-state index in [2.05, 4.69) is 20.9 Å². The molecule has 1 aromatic heterocycles. The number of hydrogen-bond acceptors (Lipinski definition) is 1. The zero-order valence-corrected chi connectivity index (χ0v) is 13.3. The molecule has 3 aromatic rings. The fourth-order valence-electron chi connectivity index (χ4n) is 1.98. The molecule has 0 bridgehead atoms. The van der Waals surface area contributed by atoms with Crippen molar-refractivity contribution in [2.45, 2.75) is 0 Å². The van der Waals surface area contributed by atoms with E-state index in [1.54, 1.807) is 0 Å². The summed E-state index contributed by atoms with van der Waals surface area (Å²) in [6.45, 7) is 0. The molecule has 0 atom stereocenters. The van der Waals surface area contributed by atoms with Crippen molar-refractivity contribution >= 4 is 39.1 Å². The van der Waals surface area contributed by atoms with E-state index in [0.29, 0.717) is 10.0 Å². The molecule has 0 unspecified atom stereocenters. The van der Waals surface area contributed by atoms with Crippen LogP contribution in [0.15, 0.2) is 59.3 Å². The van der Waals surface area contributed by atoms with E-state index in [1.807, 2.05) is 59.3 Å². The van der Waals surface area contributed by atoms with E-state index in [1.165, 1.54) is 0 Å². The van der Waals surface area contributed by atoms with Crippen molar-refractivity contribution in [2.75, 3.05) is 0 Å². The van der Waals surface area contributed by atoms with Crippen molar-refractivity contribution in [3.8, 4) is 17.1 Å². The van der Waals surface area contributed by atoms with Gasteiger partial charge in [0.15, 0.2) is 0 Å². The molecule has 2 nitrogen and oxygen atoms in total. The predicted molar refractivity (Wildman–Crippen MR) is 86.7 cm³/mol. The summed E-state index contributed by atoms with van der Waals surface area (Å²) in [5.74, 6) is 0.782. The lowest BCUT2D eigenvalue weighted by molar-refractivity contribution is 1.07. The Balaban J connectivity index is 2.18. The molecule has 0 amide bonds. The average molecular weight is 368 g/mol. The molecule has 20 heavy (non-hydrogen) atoms. The molecule has 0 saturated carbocycles. The lowest BCUT2D eigenvalue weighted by Crippen LogP contribution is -1.96. The lowest BCUT2D eigenvalue weighted by atomic mass is 10.2. The summed E-state index contributed by atoms with van der Waals surface area (Å²) in [6.07, 6.45) is 1.90. The number of aromatic nitrogens is 2. The number of hydrogen-bond donors (Lipinski definition) is 0. The zero-order valence-electron chi connectivity index (χ0n) is 10.2. The Kier molecular flexibility index (Phi) is 3.83. The molecular formula is C15H9BrCl2N2. The van der Waals surface area contributed by atoms with Crippen LogP contribution in [-0.4, -0.2) is 9.55 Å². The van der Waals surface area contributed by atoms with Crippen molar-refractivity contribution in [1.29, 1.82) is 0 Å². The van der Waals surface area contributed by atoms with E-state index >= 15 is 0 Å². The van der Waals surface area contributed by atoms with Crippen molar-refractivity contribution in [3.63, 3.8) is 0 Å². The van der Waals surface area contributed by atoms with E-state index in [9.17, 15) is 0 Å². The molecule has 0 spiro atoms. The van der Waals surface area contributed by atoms with Gasteiger partial charge in [0.2, 0.25) is 0 Å². The van der Waals surface area contributed by atoms with Crippen LogP contribution < -0.4 is 0 Å². The van der Waals surface area contributed by atoms with Crippen LogP contribution in [-0.2, 0) is 0 Å². The first-order chi connectivity index (χ1) is 9.65. The highest BCUT2D eigenvalue weighted by atomic mass is 79.9. The summed E-state index contributed by atoms with van der Waals surface area (Å²) in [5, 5.41) is 1.37. The van der Waals surface area contributed by atoms with Gasteiger partial charge >= 0.3 is 0 Å². The molecule has 0 radical (unpaired) electrons. The van der Waals surface area contributed by atoms with E-state index < -0.39 is 0 Å². The van der Waals surface area contributed by atoms with Gasteiger partial charge in [-0.25, -0.2) is 4.98 Å². The van der Waals surface area contributed by atoms with Gasteiger partial charge in [-0.15, -0.1) is 0 Å². The summed E-state index contributed by atoms with van der Waals surface area (Å²) in [6, 6.07) is 15.2. The maximum atomic E-state index is 6.26. The van der Waals surface area contributed by atoms with Gasteiger partial charge in [-0.1, -0.05) is 35.3 Å². The smallest absolute Gasteiger partial charge is 0.147 e. The number of halogens is 3. The summed E-state index contributed by atoms with van der Waals surface area (Å²) in [4.78, 5) is 4.50. The molecule has 0 aliphatic rings. The van der Waals surface area contributed by atoms with Crippen LogP contribution >= 0.6 is 39.1 Å². The molecule has 5 heteroatoms. The normalized spacial score (nSPS) is 10.8. The topological polar surface area (TPSA) is 17.8 Å². The zero-order chi connectivity index (χ0) is 14.1. The highest BCUT2D eigenvalue weighted by Crippen LogP contribution is 2.30. The number of rotatable bonds is 2. The minimum absolute atomic E-state index is 0.667. The van der Waals surface area contributed by atoms with Gasteiger partial charge in [-0.05, 0) is 52.3 Å². The minimum atomic E-state index is 0.667. The van der Waals surface area contributed by atoms with Gasteiger partial charge in [0.05, 0.1) is 5.02 Å². The van der Waals surface area contributed by atoms with Crippen LogP contribution in [0.5, 0.6) is 0 Å². The van der Waals surface area contributed by atoms with Crippen LogP contribution in [0.4, 0.5) is 0 Å². The summed E-state index contributed by atoms with van der Waals surface area (Å²) >= 11 is 15.6. The highest BCUT2D eigenvalue weighted by molar-refractivity contribution is 9.10. The van der Waals surface area contributed by atoms with Crippen LogP contribution in [0.2, 0.25) is 10.0 Å². The van der Waals surface area contributed by atoms with E-state index in [-0.39, 0.29) is 0 Å². The van der Waals surface area contributed by atoms with E-state index in [0.717, 1.165) is 21.7 Å². The number of benzene rings is 2. The quantitative estimate of drug-likeness (QED) is 0.575. The predicted octanol–water partition coefficient (Wildman–Crippen LogP) is 5.61. The van der Waals surface area contributed by atoms with Crippen molar-refractivity contribution in [2.24, 2.45) is 0 Å². The second kappa shape index (κ2) is 5.60. The first-order valence-electron chi connectivity index (χ1n) is 5.91. The first-order valence-corrected chi connectivity index (χ1v) is 7.46. The van der Waals surface area contributed by atoms with Gasteiger partial charge in [-0.2, -0.15) is 0 Å². The van der Waals surface area contributed by atoms with Gasteiger partial charge in [-0.3, -0.25) is 4.57 Å². The Morgan fingerprint density at radius 3 is 2.35 bits per heavy atom. The van der Waals surface area contributed by atoms with Gasteiger partial charge in [0.25, 0.3) is 0 Å². The third-order valence-electron chi connectivity index (χ3n) is 2.90. The summed E-state index contributed by atoms with van der Waals surface area (Å²) in [5.41, 5.74) is 1.86. The maximum absolute atomic E-state index is 6.26. The van der Waals surface area contributed by atoms with Crippen LogP contribution in [0, 0.1) is 0 Å². The van der Waals surface area contributed by atoms with Gasteiger partial charge in [0, 0.05) is 22.5 Å². The van der Waals surface area contributed by atoms with Crippen LogP contribution in [0.3, 0.4) is 0 Å². The molecule has 1 heterocycles. The molecule has 0 aliphatic carbocycles. The Morgan fingerprint density at radius 1 is 0.950 bits per heavy atom. The third kappa shape index (κ3) is 2.62. The molecule has 0 saturated heterocycles. The second-order valence-corrected chi connectivity index (χ2v) is 5.87. The molecule has 0 aliphatic heterocycles. The van der Waals surface area contributed by atoms with Gasteiger partial charge < -0.3 is 0 Å². The fraction of sp³-hybridized carbons (Fsp3) is 0. The molecule has 0 N–H and O–H groups in total. The molecule has 3 rings (SSSR count). The fourth-order valence-corrected chi connectivity index (χ4v) is 2.70. The summed E-state index contributed by atoms with van der Waals surface area (Å²) in [7, 11) is 0. The Labute approximate surface area is 135 Å². The Bertz CT molecular complexity index is 751. The van der Waals surface area contributed by atoms with Crippen molar-refractivity contribution < 1.29 is 0 Å². The Morgan fingerprint density at radius 2 is 1.65 bits per heavy atom. The monoisotopic (exact) mass is 366 g/mol. The average Bonchev–Trinajstić information content (AvgIpc) is 2.82. The lowest BCUT2D eigenvalue weighted by Gasteiger charge is -2.09. The Hall–Kier alpha value is -1.29. The summed E-state index contributed by atoms with van der Waals surface area (Å²) < 4.78 is 2.73. The SMILES string of the molecule is Clc1ccc(-n2cc(Br)nc2-c2ccccc2Cl)cc1. The molecule has 0 fully saturated rings. The first kappa shape index (κ1) is 13.7. The maximum Gasteiger partial charge on any atom is 0.147 e. The minimum Gasteiger partial charge on any atom is -0.299 e. The third-order valence-corrected chi connectivity index (χ3v) is 3.86. The molecular weight excluding hydrogens is 359 g/mol. The largest absolute Gasteiger partial charge is 0.299 e. The van der Waals surface area contributed by atoms with Crippen LogP contribution in [0.1, 0.15) is 0 Å². The standard InChI is InChI=1S/C15H9BrCl2N2/c16-14-9-20(11-7-5-10(17)6-8-11)15(19-14)12-3-1-2-4-13(12)18/h1-9H. The van der Waals surface area contributed by atoms with Crippen LogP contribution in [0.25, 0.3) is 17.1 Å². The number of nitrogens with zero attached hydrogens (tertiary/aromatic N) is 2. The highest BCUT2D eigenvalue weighted by Gasteiger charge is 2.13. The van der Waals surface area contributed by atoms with Crippen molar-refractivity contribution in [1.82, 2.24) is 9.55 Å². The van der Waals surface area contributed by atoms with Crippen molar-refractivity contribution in [3.05, 3.63) is 69.4 Å². The molecule has 100 valence electrons.